The van der Waals surface area contributed by atoms with Gasteiger partial charge in [-0.25, -0.2) is 19.1 Å². The quantitative estimate of drug-likeness (QED) is 0.284. The monoisotopic (exact) mass is 612 g/mol. The number of rotatable bonds is 8. The molecule has 0 amide bonds. The standard InChI is InChI=1S/C23H17ClF8N6O3/c1-21(25,26)19-33-17(34-38(19)14-4-2-3-5-15(14)41-23(30,31)32)11-37-20(40)36(10-16(39)22(27,28)29)18(35-37)12-6-8-13(24)9-7-12/h2-9,16,39H,10-11H2,1H3. The summed E-state index contributed by atoms with van der Waals surface area (Å²) in [7, 11) is 0. The van der Waals surface area contributed by atoms with Crippen molar-refractivity contribution in [2.24, 2.45) is 0 Å². The summed E-state index contributed by atoms with van der Waals surface area (Å²) in [6.45, 7) is -1.64. The van der Waals surface area contributed by atoms with Gasteiger partial charge in [-0.05, 0) is 36.4 Å². The molecule has 1 atom stereocenters. The van der Waals surface area contributed by atoms with Gasteiger partial charge in [0.05, 0.1) is 6.54 Å². The molecule has 0 saturated carbocycles. The highest BCUT2D eigenvalue weighted by Gasteiger charge is 2.40. The first-order valence-electron chi connectivity index (χ1n) is 11.3. The van der Waals surface area contributed by atoms with Crippen molar-refractivity contribution in [3.8, 4) is 22.8 Å². The van der Waals surface area contributed by atoms with Gasteiger partial charge in [0.1, 0.15) is 12.2 Å². The Morgan fingerprint density at radius 2 is 1.61 bits per heavy atom. The first-order valence-corrected chi connectivity index (χ1v) is 11.7. The number of halogens is 9. The van der Waals surface area contributed by atoms with Gasteiger partial charge < -0.3 is 9.84 Å². The fourth-order valence-corrected chi connectivity index (χ4v) is 3.77. The lowest BCUT2D eigenvalue weighted by Gasteiger charge is -2.15. The van der Waals surface area contributed by atoms with E-state index in [0.717, 1.165) is 18.2 Å². The zero-order valence-electron chi connectivity index (χ0n) is 20.5. The molecule has 0 aliphatic rings. The molecule has 41 heavy (non-hydrogen) atoms. The summed E-state index contributed by atoms with van der Waals surface area (Å²) in [5.74, 6) is -6.64. The summed E-state index contributed by atoms with van der Waals surface area (Å²) in [5, 5.41) is 17.6. The Balaban J connectivity index is 1.81. The van der Waals surface area contributed by atoms with Crippen molar-refractivity contribution in [3.05, 3.63) is 75.7 Å². The van der Waals surface area contributed by atoms with Crippen molar-refractivity contribution in [2.75, 3.05) is 0 Å². The highest BCUT2D eigenvalue weighted by atomic mass is 35.5. The number of nitrogens with zero attached hydrogens (tertiary/aromatic N) is 6. The van der Waals surface area contributed by atoms with Gasteiger partial charge in [0.15, 0.2) is 23.5 Å². The normalized spacial score (nSPS) is 13.4. The highest BCUT2D eigenvalue weighted by molar-refractivity contribution is 6.30. The maximum absolute atomic E-state index is 14.5. The molecule has 0 spiro atoms. The molecule has 0 bridgehead atoms. The van der Waals surface area contributed by atoms with Crippen LogP contribution in [0.25, 0.3) is 17.1 Å². The summed E-state index contributed by atoms with van der Waals surface area (Å²) in [6, 6.07) is 9.66. The van der Waals surface area contributed by atoms with E-state index in [0.29, 0.717) is 20.9 Å². The second-order valence-corrected chi connectivity index (χ2v) is 9.04. The maximum atomic E-state index is 14.5. The minimum absolute atomic E-state index is 0.122. The van der Waals surface area contributed by atoms with Gasteiger partial charge in [-0.2, -0.15) is 22.0 Å². The van der Waals surface area contributed by atoms with Crippen LogP contribution in [0.2, 0.25) is 5.02 Å². The largest absolute Gasteiger partial charge is 0.573 e. The van der Waals surface area contributed by atoms with E-state index in [-0.39, 0.29) is 16.4 Å². The minimum atomic E-state index is -5.17. The van der Waals surface area contributed by atoms with Gasteiger partial charge >= 0.3 is 24.2 Å². The average Bonchev–Trinajstić information content (AvgIpc) is 3.41. The Kier molecular flexibility index (Phi) is 7.88. The van der Waals surface area contributed by atoms with E-state index in [1.807, 2.05) is 0 Å². The number of aliphatic hydroxyl groups is 1. The molecule has 2 aromatic heterocycles. The molecule has 0 aliphatic heterocycles. The third-order valence-electron chi connectivity index (χ3n) is 5.41. The van der Waals surface area contributed by atoms with Crippen LogP contribution in [0.3, 0.4) is 0 Å². The van der Waals surface area contributed by atoms with Gasteiger partial charge in [-0.3, -0.25) is 4.57 Å². The molecule has 2 aromatic carbocycles. The van der Waals surface area contributed by atoms with E-state index >= 15 is 0 Å². The van der Waals surface area contributed by atoms with Crippen LogP contribution in [0.5, 0.6) is 5.75 Å². The lowest BCUT2D eigenvalue weighted by molar-refractivity contribution is -0.274. The fraction of sp³-hybridized carbons (Fsp3) is 0.304. The van der Waals surface area contributed by atoms with Crippen molar-refractivity contribution in [1.82, 2.24) is 29.1 Å². The zero-order chi connectivity index (χ0) is 30.3. The van der Waals surface area contributed by atoms with Crippen molar-refractivity contribution >= 4 is 11.6 Å². The molecule has 18 heteroatoms. The number of aliphatic hydroxyl groups excluding tert-OH is 1. The van der Waals surface area contributed by atoms with Crippen molar-refractivity contribution < 1.29 is 45.0 Å². The molecule has 220 valence electrons. The Hall–Kier alpha value is -3.99. The van der Waals surface area contributed by atoms with Crippen molar-refractivity contribution in [2.45, 2.75) is 44.6 Å². The van der Waals surface area contributed by atoms with Crippen LogP contribution >= 0.6 is 11.6 Å². The number of para-hydroxylation sites is 2. The molecule has 1 N–H and O–H groups in total. The Morgan fingerprint density at radius 1 is 0.976 bits per heavy atom. The van der Waals surface area contributed by atoms with Crippen LogP contribution in [0.1, 0.15) is 18.6 Å². The van der Waals surface area contributed by atoms with Crippen LogP contribution in [0.4, 0.5) is 35.1 Å². The smallest absolute Gasteiger partial charge is 0.403 e. The molecule has 4 rings (SSSR count). The first-order chi connectivity index (χ1) is 18.9. The van der Waals surface area contributed by atoms with Crippen LogP contribution in [-0.2, 0) is 19.0 Å². The highest BCUT2D eigenvalue weighted by Crippen LogP contribution is 2.33. The summed E-state index contributed by atoms with van der Waals surface area (Å²) in [6.07, 6.45) is -13.2. The number of ether oxygens (including phenoxy) is 1. The molecule has 9 nitrogen and oxygen atoms in total. The van der Waals surface area contributed by atoms with Crippen LogP contribution in [0, 0.1) is 0 Å². The van der Waals surface area contributed by atoms with Gasteiger partial charge in [-0.1, -0.05) is 23.7 Å². The minimum Gasteiger partial charge on any atom is -0.403 e. The third kappa shape index (κ3) is 6.84. The second kappa shape index (κ2) is 10.8. The second-order valence-electron chi connectivity index (χ2n) is 8.61. The molecule has 0 fully saturated rings. The van der Waals surface area contributed by atoms with E-state index in [9.17, 15) is 45.0 Å². The number of alkyl halides is 8. The molecule has 1 unspecified atom stereocenters. The average molecular weight is 613 g/mol. The number of hydrogen-bond acceptors (Lipinski definition) is 6. The van der Waals surface area contributed by atoms with E-state index in [1.54, 1.807) is 0 Å². The third-order valence-corrected chi connectivity index (χ3v) is 5.66. The summed E-state index contributed by atoms with van der Waals surface area (Å²) in [5.41, 5.74) is -1.63. The van der Waals surface area contributed by atoms with Crippen LogP contribution < -0.4 is 10.4 Å². The van der Waals surface area contributed by atoms with Gasteiger partial charge in [0, 0.05) is 17.5 Å². The van der Waals surface area contributed by atoms with E-state index in [1.165, 1.54) is 30.3 Å². The zero-order valence-corrected chi connectivity index (χ0v) is 21.2. The summed E-state index contributed by atoms with van der Waals surface area (Å²) in [4.78, 5) is 16.7. The Labute approximate surface area is 229 Å². The number of hydrogen-bond donors (Lipinski definition) is 1. The van der Waals surface area contributed by atoms with Gasteiger partial charge in [0.25, 0.3) is 0 Å². The number of aromatic nitrogens is 6. The molecular formula is C23H17ClF8N6O3. The molecule has 0 radical (unpaired) electrons. The number of benzene rings is 2. The van der Waals surface area contributed by atoms with E-state index < -0.39 is 66.4 Å². The summed E-state index contributed by atoms with van der Waals surface area (Å²) < 4.78 is 112. The van der Waals surface area contributed by atoms with Crippen molar-refractivity contribution in [1.29, 1.82) is 0 Å². The SMILES string of the molecule is CC(F)(F)c1nc(Cn2nc(-c3ccc(Cl)cc3)n(CC(O)C(F)(F)F)c2=O)nn1-c1ccccc1OC(F)(F)F. The van der Waals surface area contributed by atoms with Gasteiger partial charge in [0.2, 0.25) is 5.82 Å². The fourth-order valence-electron chi connectivity index (χ4n) is 3.65. The molecule has 4 aromatic rings. The molecule has 0 aliphatic carbocycles. The topological polar surface area (TPSA) is 100.0 Å². The first kappa shape index (κ1) is 30.0. The van der Waals surface area contributed by atoms with Crippen molar-refractivity contribution in [3.63, 3.8) is 0 Å². The van der Waals surface area contributed by atoms with Crippen LogP contribution in [0.15, 0.2) is 53.3 Å². The van der Waals surface area contributed by atoms with Gasteiger partial charge in [-0.15, -0.1) is 23.4 Å². The lowest BCUT2D eigenvalue weighted by Crippen LogP contribution is -2.37. The summed E-state index contributed by atoms with van der Waals surface area (Å²) >= 11 is 5.84. The molecular weight excluding hydrogens is 596 g/mol. The van der Waals surface area contributed by atoms with E-state index in [4.69, 9.17) is 11.6 Å². The Bertz CT molecular complexity index is 1590. The molecule has 0 saturated heterocycles. The van der Waals surface area contributed by atoms with Crippen LogP contribution in [-0.4, -0.2) is 52.9 Å². The maximum Gasteiger partial charge on any atom is 0.573 e. The Morgan fingerprint density at radius 3 is 2.20 bits per heavy atom. The lowest BCUT2D eigenvalue weighted by atomic mass is 10.2. The molecule has 2 heterocycles. The predicted octanol–water partition coefficient (Wildman–Crippen LogP) is 4.93. The van der Waals surface area contributed by atoms with E-state index in [2.05, 4.69) is 19.9 Å². The predicted molar refractivity (Wildman–Crippen MR) is 126 cm³/mol.